The van der Waals surface area contributed by atoms with Crippen molar-refractivity contribution in [2.24, 2.45) is 10.7 Å². The van der Waals surface area contributed by atoms with Crippen molar-refractivity contribution in [3.8, 4) is 0 Å². The zero-order valence-corrected chi connectivity index (χ0v) is 17.9. The third-order valence-corrected chi connectivity index (χ3v) is 3.88. The molecule has 0 saturated carbocycles. The third-order valence-electron chi connectivity index (χ3n) is 3.88. The van der Waals surface area contributed by atoms with Crippen LogP contribution in [0.15, 0.2) is 29.3 Å². The largest absolute Gasteiger partial charge is 0.481 e. The van der Waals surface area contributed by atoms with Crippen LogP contribution >= 0.6 is 0 Å². The summed E-state index contributed by atoms with van der Waals surface area (Å²) in [6.45, 7) is 5.92. The Morgan fingerprint density at radius 3 is 2.30 bits per heavy atom. The van der Waals surface area contributed by atoms with E-state index in [4.69, 9.17) is 15.6 Å². The number of carbonyl (C=O) groups excluding carboxylic acids is 2. The molecule has 0 bridgehead atoms. The van der Waals surface area contributed by atoms with Crippen LogP contribution in [0, 0.1) is 0 Å². The lowest BCUT2D eigenvalue weighted by atomic mass is 10.1. The van der Waals surface area contributed by atoms with E-state index in [1.165, 1.54) is 0 Å². The highest BCUT2D eigenvalue weighted by Crippen LogP contribution is 2.11. The number of rotatable bonds is 11. The molecule has 5 N–H and O–H groups in total. The van der Waals surface area contributed by atoms with Gasteiger partial charge in [-0.3, -0.25) is 9.59 Å². The van der Waals surface area contributed by atoms with Gasteiger partial charge in [-0.2, -0.15) is 4.99 Å². The Morgan fingerprint density at radius 1 is 1.07 bits per heavy atom. The van der Waals surface area contributed by atoms with Gasteiger partial charge in [0.25, 0.3) is 0 Å². The van der Waals surface area contributed by atoms with E-state index < -0.39 is 17.7 Å². The Hall–Kier alpha value is -3.10. The predicted molar refractivity (Wildman–Crippen MR) is 116 cm³/mol. The topological polar surface area (TPSA) is 143 Å². The molecular weight excluding hydrogens is 388 g/mol. The summed E-state index contributed by atoms with van der Waals surface area (Å²) in [7, 11) is 0. The quantitative estimate of drug-likeness (QED) is 0.245. The normalized spacial score (nSPS) is 11.6. The van der Waals surface area contributed by atoms with E-state index >= 15 is 0 Å². The summed E-state index contributed by atoms with van der Waals surface area (Å²) in [6.07, 6.45) is 2.64. The van der Waals surface area contributed by atoms with E-state index in [2.05, 4.69) is 15.6 Å². The van der Waals surface area contributed by atoms with Crippen LogP contribution in [0.1, 0.15) is 58.4 Å². The molecular formula is C21H32N4O5. The minimum absolute atomic E-state index is 0.0527. The van der Waals surface area contributed by atoms with Gasteiger partial charge in [0.05, 0.1) is 6.54 Å². The van der Waals surface area contributed by atoms with Crippen LogP contribution in [0.3, 0.4) is 0 Å². The van der Waals surface area contributed by atoms with Crippen molar-refractivity contribution in [1.82, 2.24) is 5.32 Å². The summed E-state index contributed by atoms with van der Waals surface area (Å²) >= 11 is 0. The zero-order valence-electron chi connectivity index (χ0n) is 17.9. The molecule has 0 aliphatic carbocycles. The Kier molecular flexibility index (Phi) is 10.4. The van der Waals surface area contributed by atoms with Crippen molar-refractivity contribution in [2.75, 3.05) is 18.4 Å². The molecule has 166 valence electrons. The molecule has 0 radical (unpaired) electrons. The average Bonchev–Trinajstić information content (AvgIpc) is 2.64. The van der Waals surface area contributed by atoms with Gasteiger partial charge in [-0.05, 0) is 57.9 Å². The number of nitrogens with one attached hydrogen (secondary N) is 2. The highest BCUT2D eigenvalue weighted by Gasteiger charge is 2.16. The first-order chi connectivity index (χ1) is 14.1. The van der Waals surface area contributed by atoms with Crippen LogP contribution in [0.25, 0.3) is 0 Å². The number of nitrogens with zero attached hydrogens (tertiary/aromatic N) is 1. The SMILES string of the molecule is CC(C)(C)OC(=O)/N=C(\N)c1ccc(NCC(=O)NCCCCCCC(=O)O)cc1. The molecule has 0 atom stereocenters. The van der Waals surface area contributed by atoms with Gasteiger partial charge in [-0.15, -0.1) is 0 Å². The van der Waals surface area contributed by atoms with Gasteiger partial charge in [-0.1, -0.05) is 12.8 Å². The summed E-state index contributed by atoms with van der Waals surface area (Å²) in [5.41, 5.74) is 6.49. The smallest absolute Gasteiger partial charge is 0.436 e. The number of hydrogen-bond acceptors (Lipinski definition) is 5. The molecule has 2 amide bonds. The molecule has 0 unspecified atom stereocenters. The number of unbranched alkanes of at least 4 members (excludes halogenated alkanes) is 3. The number of nitrogens with two attached hydrogens (primary N) is 1. The lowest BCUT2D eigenvalue weighted by molar-refractivity contribution is -0.137. The fourth-order valence-corrected chi connectivity index (χ4v) is 2.43. The minimum atomic E-state index is -0.777. The van der Waals surface area contributed by atoms with Crippen molar-refractivity contribution in [2.45, 2.75) is 58.5 Å². The molecule has 0 saturated heterocycles. The van der Waals surface area contributed by atoms with Gasteiger partial charge in [0.2, 0.25) is 5.91 Å². The Morgan fingerprint density at radius 2 is 1.70 bits per heavy atom. The predicted octanol–water partition coefficient (Wildman–Crippen LogP) is 2.89. The second-order valence-corrected chi connectivity index (χ2v) is 7.82. The number of ether oxygens (including phenoxy) is 1. The van der Waals surface area contributed by atoms with Crippen molar-refractivity contribution < 1.29 is 24.2 Å². The molecule has 9 nitrogen and oxygen atoms in total. The van der Waals surface area contributed by atoms with E-state index in [-0.39, 0.29) is 24.7 Å². The molecule has 9 heteroatoms. The Balaban J connectivity index is 2.33. The maximum absolute atomic E-state index is 11.9. The number of anilines is 1. The van der Waals surface area contributed by atoms with E-state index in [1.807, 2.05) is 0 Å². The second-order valence-electron chi connectivity index (χ2n) is 7.82. The van der Waals surface area contributed by atoms with Gasteiger partial charge in [0, 0.05) is 24.2 Å². The number of amides is 2. The molecule has 0 aliphatic rings. The number of aliphatic imine (C=N–C) groups is 1. The lowest BCUT2D eigenvalue weighted by Gasteiger charge is -2.17. The van der Waals surface area contributed by atoms with Crippen LogP contribution in [0.2, 0.25) is 0 Å². The summed E-state index contributed by atoms with van der Waals surface area (Å²) in [5, 5.41) is 14.4. The standard InChI is InChI=1S/C21H32N4O5/c1-21(2,3)30-20(29)25-19(22)15-9-11-16(12-10-15)24-14-17(26)23-13-7-5-4-6-8-18(27)28/h9-12,24H,4-8,13-14H2,1-3H3,(H,23,26)(H,27,28)(H2,22,25,29). The average molecular weight is 421 g/mol. The van der Waals surface area contributed by atoms with Crippen LogP contribution in [0.4, 0.5) is 10.5 Å². The molecule has 0 aliphatic heterocycles. The van der Waals surface area contributed by atoms with Gasteiger partial charge in [-0.25, -0.2) is 4.79 Å². The number of hydrogen-bond donors (Lipinski definition) is 4. The van der Waals surface area contributed by atoms with Crippen LogP contribution in [-0.2, 0) is 14.3 Å². The molecule has 30 heavy (non-hydrogen) atoms. The first kappa shape index (κ1) is 24.9. The lowest BCUT2D eigenvalue weighted by Crippen LogP contribution is -2.30. The van der Waals surface area contributed by atoms with E-state index in [9.17, 15) is 14.4 Å². The molecule has 0 aromatic heterocycles. The number of carboxylic acid groups (broad SMARTS) is 1. The van der Waals surface area contributed by atoms with E-state index in [0.29, 0.717) is 18.5 Å². The highest BCUT2D eigenvalue weighted by atomic mass is 16.6. The molecule has 0 heterocycles. The van der Waals surface area contributed by atoms with Gasteiger partial charge in [0.15, 0.2) is 0 Å². The number of benzene rings is 1. The van der Waals surface area contributed by atoms with Gasteiger partial charge in [0.1, 0.15) is 11.4 Å². The minimum Gasteiger partial charge on any atom is -0.481 e. The van der Waals surface area contributed by atoms with Crippen molar-refractivity contribution >= 4 is 29.5 Å². The monoisotopic (exact) mass is 420 g/mol. The maximum Gasteiger partial charge on any atom is 0.436 e. The number of carboxylic acids is 1. The van der Waals surface area contributed by atoms with E-state index in [0.717, 1.165) is 24.9 Å². The van der Waals surface area contributed by atoms with Crippen molar-refractivity contribution in [3.05, 3.63) is 29.8 Å². The summed E-state index contributed by atoms with van der Waals surface area (Å²) in [5.74, 6) is -0.854. The molecule has 1 aromatic carbocycles. The molecule has 1 aromatic rings. The summed E-state index contributed by atoms with van der Waals surface area (Å²) in [4.78, 5) is 37.7. The zero-order chi connectivity index (χ0) is 22.6. The number of aliphatic carboxylic acids is 1. The molecule has 0 fully saturated rings. The van der Waals surface area contributed by atoms with Crippen molar-refractivity contribution in [3.63, 3.8) is 0 Å². The van der Waals surface area contributed by atoms with Crippen LogP contribution in [-0.4, -0.2) is 47.6 Å². The first-order valence-electron chi connectivity index (χ1n) is 9.97. The fourth-order valence-electron chi connectivity index (χ4n) is 2.43. The maximum atomic E-state index is 11.9. The first-order valence-corrected chi connectivity index (χ1v) is 9.97. The second kappa shape index (κ2) is 12.5. The highest BCUT2D eigenvalue weighted by molar-refractivity contribution is 6.03. The fraction of sp³-hybridized carbons (Fsp3) is 0.524. The van der Waals surface area contributed by atoms with Crippen molar-refractivity contribution in [1.29, 1.82) is 0 Å². The van der Waals surface area contributed by atoms with Gasteiger partial charge < -0.3 is 26.2 Å². The van der Waals surface area contributed by atoms with Gasteiger partial charge >= 0.3 is 12.1 Å². The third kappa shape index (κ3) is 11.7. The van der Waals surface area contributed by atoms with Crippen LogP contribution in [0.5, 0.6) is 0 Å². The number of amidine groups is 1. The summed E-state index contributed by atoms with van der Waals surface area (Å²) in [6, 6.07) is 6.87. The molecule has 1 rings (SSSR count). The van der Waals surface area contributed by atoms with Crippen LogP contribution < -0.4 is 16.4 Å². The Labute approximate surface area is 177 Å². The molecule has 0 spiro atoms. The van der Waals surface area contributed by atoms with E-state index in [1.54, 1.807) is 45.0 Å². The number of carbonyl (C=O) groups is 3. The summed E-state index contributed by atoms with van der Waals surface area (Å²) < 4.78 is 5.10. The Bertz CT molecular complexity index is 739.